The van der Waals surface area contributed by atoms with Crippen molar-refractivity contribution in [3.05, 3.63) is 29.8 Å². The number of hydrogen-bond acceptors (Lipinski definition) is 2. The lowest BCUT2D eigenvalue weighted by molar-refractivity contribution is 0.180. The third kappa shape index (κ3) is 3.90. The van der Waals surface area contributed by atoms with Crippen molar-refractivity contribution >= 4 is 11.7 Å². The summed E-state index contributed by atoms with van der Waals surface area (Å²) >= 11 is 0. The summed E-state index contributed by atoms with van der Waals surface area (Å²) in [6.45, 7) is 1.96. The number of nitrogens with zero attached hydrogens (tertiary/aromatic N) is 1. The summed E-state index contributed by atoms with van der Waals surface area (Å²) in [6, 6.07) is 2.65. The SMILES string of the molecule is NCCC1CCN(C(=O)Nc2cc(F)cc(F)c2)CC1. The van der Waals surface area contributed by atoms with E-state index in [1.807, 2.05) is 0 Å². The van der Waals surface area contributed by atoms with Crippen LogP contribution in [0.2, 0.25) is 0 Å². The van der Waals surface area contributed by atoms with Crippen molar-refractivity contribution in [3.63, 3.8) is 0 Å². The zero-order chi connectivity index (χ0) is 14.5. The van der Waals surface area contributed by atoms with Crippen LogP contribution in [0.15, 0.2) is 18.2 Å². The molecule has 0 unspecified atom stereocenters. The van der Waals surface area contributed by atoms with Crippen molar-refractivity contribution in [2.75, 3.05) is 25.0 Å². The number of carbonyl (C=O) groups is 1. The molecule has 110 valence electrons. The first-order valence-corrected chi connectivity index (χ1v) is 6.80. The summed E-state index contributed by atoms with van der Waals surface area (Å²) in [6.07, 6.45) is 2.81. The van der Waals surface area contributed by atoms with Gasteiger partial charge >= 0.3 is 6.03 Å². The molecule has 0 bridgehead atoms. The van der Waals surface area contributed by atoms with Crippen LogP contribution in [0.3, 0.4) is 0 Å². The van der Waals surface area contributed by atoms with Crippen molar-refractivity contribution in [2.45, 2.75) is 19.3 Å². The Morgan fingerprint density at radius 3 is 2.40 bits per heavy atom. The van der Waals surface area contributed by atoms with Crippen molar-refractivity contribution in [1.29, 1.82) is 0 Å². The number of amides is 2. The number of rotatable bonds is 3. The number of carbonyl (C=O) groups excluding carboxylic acids is 1. The van der Waals surface area contributed by atoms with Gasteiger partial charge in [-0.2, -0.15) is 0 Å². The second-order valence-corrected chi connectivity index (χ2v) is 5.10. The second kappa shape index (κ2) is 6.65. The molecule has 0 radical (unpaired) electrons. The lowest BCUT2D eigenvalue weighted by Crippen LogP contribution is -2.41. The predicted octanol–water partition coefficient (Wildman–Crippen LogP) is 2.56. The van der Waals surface area contributed by atoms with E-state index in [2.05, 4.69) is 5.32 Å². The van der Waals surface area contributed by atoms with Crippen LogP contribution in [0.25, 0.3) is 0 Å². The minimum absolute atomic E-state index is 0.136. The topological polar surface area (TPSA) is 58.4 Å². The minimum atomic E-state index is -0.707. The van der Waals surface area contributed by atoms with Crippen molar-refractivity contribution < 1.29 is 13.6 Å². The van der Waals surface area contributed by atoms with Crippen LogP contribution in [0, 0.1) is 17.6 Å². The summed E-state index contributed by atoms with van der Waals surface area (Å²) in [5.74, 6) is -0.848. The number of hydrogen-bond donors (Lipinski definition) is 2. The Morgan fingerprint density at radius 1 is 1.25 bits per heavy atom. The molecule has 0 aliphatic carbocycles. The van der Waals surface area contributed by atoms with Crippen LogP contribution in [-0.2, 0) is 0 Å². The van der Waals surface area contributed by atoms with Crippen LogP contribution in [0.1, 0.15) is 19.3 Å². The molecule has 1 aromatic rings. The van der Waals surface area contributed by atoms with Gasteiger partial charge in [0.05, 0.1) is 0 Å². The minimum Gasteiger partial charge on any atom is -0.330 e. The Hall–Kier alpha value is -1.69. The van der Waals surface area contributed by atoms with E-state index >= 15 is 0 Å². The van der Waals surface area contributed by atoms with Gasteiger partial charge in [0, 0.05) is 24.8 Å². The van der Waals surface area contributed by atoms with Crippen LogP contribution in [0.5, 0.6) is 0 Å². The Morgan fingerprint density at radius 2 is 1.85 bits per heavy atom. The zero-order valence-electron chi connectivity index (χ0n) is 11.2. The number of nitrogens with two attached hydrogens (primary N) is 1. The fraction of sp³-hybridized carbons (Fsp3) is 0.500. The Balaban J connectivity index is 1.89. The molecule has 1 aromatic carbocycles. The second-order valence-electron chi connectivity index (χ2n) is 5.10. The molecule has 1 aliphatic rings. The van der Waals surface area contributed by atoms with Gasteiger partial charge in [-0.15, -0.1) is 0 Å². The van der Waals surface area contributed by atoms with E-state index in [9.17, 15) is 13.6 Å². The largest absolute Gasteiger partial charge is 0.330 e. The number of urea groups is 1. The molecule has 1 fully saturated rings. The van der Waals surface area contributed by atoms with Crippen molar-refractivity contribution in [3.8, 4) is 0 Å². The van der Waals surface area contributed by atoms with Gasteiger partial charge in [0.1, 0.15) is 11.6 Å². The third-order valence-corrected chi connectivity index (χ3v) is 3.59. The average Bonchev–Trinajstić information content (AvgIpc) is 2.38. The quantitative estimate of drug-likeness (QED) is 0.895. The number of halogens is 2. The Kier molecular flexibility index (Phi) is 4.89. The van der Waals surface area contributed by atoms with E-state index in [-0.39, 0.29) is 11.7 Å². The van der Waals surface area contributed by atoms with Gasteiger partial charge in [-0.1, -0.05) is 0 Å². The highest BCUT2D eigenvalue weighted by Gasteiger charge is 2.22. The van der Waals surface area contributed by atoms with Crippen LogP contribution in [-0.4, -0.2) is 30.6 Å². The first-order chi connectivity index (χ1) is 9.58. The highest BCUT2D eigenvalue weighted by Crippen LogP contribution is 2.21. The number of benzene rings is 1. The molecule has 1 saturated heterocycles. The van der Waals surface area contributed by atoms with Gasteiger partial charge < -0.3 is 16.0 Å². The van der Waals surface area contributed by atoms with Crippen molar-refractivity contribution in [2.24, 2.45) is 11.7 Å². The summed E-state index contributed by atoms with van der Waals surface area (Å²) in [7, 11) is 0. The molecule has 20 heavy (non-hydrogen) atoms. The number of likely N-dealkylation sites (tertiary alicyclic amines) is 1. The number of anilines is 1. The van der Waals surface area contributed by atoms with Gasteiger partial charge in [-0.05, 0) is 43.9 Å². The summed E-state index contributed by atoms with van der Waals surface area (Å²) in [5, 5.41) is 2.52. The van der Waals surface area contributed by atoms with Gasteiger partial charge in [0.2, 0.25) is 0 Å². The van der Waals surface area contributed by atoms with Crippen LogP contribution in [0.4, 0.5) is 19.3 Å². The van der Waals surface area contributed by atoms with Crippen LogP contribution >= 0.6 is 0 Å². The van der Waals surface area contributed by atoms with Gasteiger partial charge in [0.15, 0.2) is 0 Å². The standard InChI is InChI=1S/C14H19F2N3O/c15-11-7-12(16)9-13(8-11)18-14(20)19-5-2-10(1-4-17)3-6-19/h7-10H,1-6,17H2,(H,18,20). The van der Waals surface area contributed by atoms with Crippen LogP contribution < -0.4 is 11.1 Å². The predicted molar refractivity (Wildman–Crippen MR) is 73.3 cm³/mol. The molecule has 2 rings (SSSR count). The maximum atomic E-state index is 13.0. The van der Waals surface area contributed by atoms with E-state index in [0.29, 0.717) is 25.6 Å². The van der Waals surface area contributed by atoms with Gasteiger partial charge in [-0.3, -0.25) is 0 Å². The van der Waals surface area contributed by atoms with Gasteiger partial charge in [-0.25, -0.2) is 13.6 Å². The first-order valence-electron chi connectivity index (χ1n) is 6.80. The van der Waals surface area contributed by atoms with E-state index in [0.717, 1.165) is 37.5 Å². The summed E-state index contributed by atoms with van der Waals surface area (Å²) in [4.78, 5) is 13.7. The van der Waals surface area contributed by atoms with E-state index < -0.39 is 11.6 Å². The molecular formula is C14H19F2N3O. The highest BCUT2D eigenvalue weighted by molar-refractivity contribution is 5.89. The molecule has 0 spiro atoms. The fourth-order valence-electron chi connectivity index (χ4n) is 2.49. The van der Waals surface area contributed by atoms with Crippen molar-refractivity contribution in [1.82, 2.24) is 4.90 Å². The van der Waals surface area contributed by atoms with E-state index in [1.165, 1.54) is 0 Å². The Bertz CT molecular complexity index is 453. The molecule has 3 N–H and O–H groups in total. The normalized spacial score (nSPS) is 16.2. The number of piperidine rings is 1. The summed E-state index contributed by atoms with van der Waals surface area (Å²) in [5.41, 5.74) is 5.66. The molecular weight excluding hydrogens is 264 g/mol. The molecule has 2 amide bonds. The van der Waals surface area contributed by atoms with E-state index in [4.69, 9.17) is 5.73 Å². The summed E-state index contributed by atoms with van der Waals surface area (Å²) < 4.78 is 26.1. The molecule has 0 aromatic heterocycles. The zero-order valence-corrected chi connectivity index (χ0v) is 11.2. The molecule has 0 atom stereocenters. The fourth-order valence-corrected chi connectivity index (χ4v) is 2.49. The Labute approximate surface area is 116 Å². The highest BCUT2D eigenvalue weighted by atomic mass is 19.1. The molecule has 6 heteroatoms. The molecule has 0 saturated carbocycles. The monoisotopic (exact) mass is 283 g/mol. The molecule has 1 aliphatic heterocycles. The number of nitrogens with one attached hydrogen (secondary N) is 1. The molecule has 1 heterocycles. The molecule has 4 nitrogen and oxygen atoms in total. The average molecular weight is 283 g/mol. The van der Waals surface area contributed by atoms with E-state index in [1.54, 1.807) is 4.90 Å². The lowest BCUT2D eigenvalue weighted by Gasteiger charge is -2.31. The lowest BCUT2D eigenvalue weighted by atomic mass is 9.94. The smallest absolute Gasteiger partial charge is 0.321 e. The van der Waals surface area contributed by atoms with Gasteiger partial charge in [0.25, 0.3) is 0 Å². The maximum Gasteiger partial charge on any atom is 0.321 e. The maximum absolute atomic E-state index is 13.0. The first kappa shape index (κ1) is 14.7. The third-order valence-electron chi connectivity index (χ3n) is 3.59.